The fourth-order valence-corrected chi connectivity index (χ4v) is 2.74. The van der Waals surface area contributed by atoms with Crippen LogP contribution in [-0.2, 0) is 0 Å². The zero-order chi connectivity index (χ0) is 14.1. The van der Waals surface area contributed by atoms with Crippen LogP contribution in [0.3, 0.4) is 0 Å². The molecule has 0 atom stereocenters. The van der Waals surface area contributed by atoms with Gasteiger partial charge in [0.1, 0.15) is 5.69 Å². The van der Waals surface area contributed by atoms with Crippen molar-refractivity contribution < 1.29 is 0 Å². The van der Waals surface area contributed by atoms with Gasteiger partial charge in [-0.1, -0.05) is 6.07 Å². The number of H-pyrrole nitrogens is 1. The van der Waals surface area contributed by atoms with E-state index in [2.05, 4.69) is 43.4 Å². The second-order valence-electron chi connectivity index (χ2n) is 5.24. The van der Waals surface area contributed by atoms with E-state index < -0.39 is 0 Å². The van der Waals surface area contributed by atoms with Gasteiger partial charge in [0.25, 0.3) is 0 Å². The van der Waals surface area contributed by atoms with Gasteiger partial charge in [0, 0.05) is 38.1 Å². The van der Waals surface area contributed by atoms with Crippen molar-refractivity contribution in [3.63, 3.8) is 0 Å². The first-order valence-electron chi connectivity index (χ1n) is 7.27. The average molecular weight is 279 g/mol. The van der Waals surface area contributed by atoms with Crippen molar-refractivity contribution in [2.75, 3.05) is 31.1 Å². The molecule has 106 valence electrons. The lowest BCUT2D eigenvalue weighted by molar-refractivity contribution is 0.589. The molecule has 0 amide bonds. The van der Waals surface area contributed by atoms with E-state index in [4.69, 9.17) is 0 Å². The topological polar surface area (TPSA) is 56.8 Å². The third-order valence-electron chi connectivity index (χ3n) is 3.86. The molecule has 0 radical (unpaired) electrons. The molecule has 3 heterocycles. The number of aromatic amines is 1. The Morgan fingerprint density at radius 2 is 1.95 bits per heavy atom. The number of benzene rings is 1. The highest BCUT2D eigenvalue weighted by Crippen LogP contribution is 2.23. The maximum absolute atomic E-state index is 4.62. The van der Waals surface area contributed by atoms with Crippen LogP contribution < -0.4 is 10.2 Å². The van der Waals surface area contributed by atoms with Gasteiger partial charge >= 0.3 is 0 Å². The minimum atomic E-state index is 0.822. The molecule has 3 aromatic rings. The van der Waals surface area contributed by atoms with Gasteiger partial charge in [-0.05, 0) is 30.3 Å². The molecule has 0 spiro atoms. The van der Waals surface area contributed by atoms with Gasteiger partial charge in [-0.25, -0.2) is 4.98 Å². The van der Waals surface area contributed by atoms with Crippen LogP contribution in [0.4, 0.5) is 5.69 Å². The van der Waals surface area contributed by atoms with Gasteiger partial charge in [0.2, 0.25) is 0 Å². The fraction of sp³-hybridized carbons (Fsp3) is 0.250. The number of pyridine rings is 1. The Morgan fingerprint density at radius 1 is 1.05 bits per heavy atom. The summed E-state index contributed by atoms with van der Waals surface area (Å²) in [5, 5.41) is 3.38. The molecule has 1 saturated heterocycles. The zero-order valence-electron chi connectivity index (χ0n) is 11.7. The van der Waals surface area contributed by atoms with Crippen LogP contribution in [0.1, 0.15) is 0 Å². The fourth-order valence-electron chi connectivity index (χ4n) is 2.74. The first kappa shape index (κ1) is 12.3. The number of fused-ring (bicyclic) bond motifs is 1. The standard InChI is InChI=1S/C16H17N5/c1-2-6-18-14(3-1)16-19-13-5-4-12(11-15(13)20-16)21-9-7-17-8-10-21/h1-6,11,17H,7-10H2,(H,19,20). The number of hydrogen-bond donors (Lipinski definition) is 2. The Kier molecular flexibility index (Phi) is 3.05. The second kappa shape index (κ2) is 5.18. The lowest BCUT2D eigenvalue weighted by Gasteiger charge is -2.29. The number of anilines is 1. The van der Waals surface area contributed by atoms with Crippen molar-refractivity contribution in [2.45, 2.75) is 0 Å². The smallest absolute Gasteiger partial charge is 0.157 e. The largest absolute Gasteiger partial charge is 0.369 e. The highest BCUT2D eigenvalue weighted by Gasteiger charge is 2.12. The molecule has 1 fully saturated rings. The molecule has 4 rings (SSSR count). The Labute approximate surface area is 123 Å². The van der Waals surface area contributed by atoms with Gasteiger partial charge < -0.3 is 15.2 Å². The number of piperazine rings is 1. The molecule has 0 aliphatic carbocycles. The number of hydrogen-bond acceptors (Lipinski definition) is 4. The lowest BCUT2D eigenvalue weighted by atomic mass is 10.2. The molecule has 21 heavy (non-hydrogen) atoms. The van der Waals surface area contributed by atoms with Crippen molar-refractivity contribution >= 4 is 16.7 Å². The van der Waals surface area contributed by atoms with E-state index >= 15 is 0 Å². The predicted octanol–water partition coefficient (Wildman–Crippen LogP) is 2.03. The van der Waals surface area contributed by atoms with Crippen molar-refractivity contribution in [1.82, 2.24) is 20.3 Å². The van der Waals surface area contributed by atoms with Crippen LogP contribution >= 0.6 is 0 Å². The van der Waals surface area contributed by atoms with Gasteiger partial charge in [-0.2, -0.15) is 0 Å². The van der Waals surface area contributed by atoms with E-state index in [1.165, 1.54) is 5.69 Å². The summed E-state index contributed by atoms with van der Waals surface area (Å²) in [6, 6.07) is 12.3. The van der Waals surface area contributed by atoms with Crippen molar-refractivity contribution in [3.05, 3.63) is 42.6 Å². The minimum Gasteiger partial charge on any atom is -0.369 e. The van der Waals surface area contributed by atoms with E-state index in [-0.39, 0.29) is 0 Å². The van der Waals surface area contributed by atoms with Gasteiger partial charge in [-0.3, -0.25) is 4.98 Å². The first-order chi connectivity index (χ1) is 10.4. The van der Waals surface area contributed by atoms with E-state index in [1.54, 1.807) is 6.20 Å². The summed E-state index contributed by atoms with van der Waals surface area (Å²) >= 11 is 0. The van der Waals surface area contributed by atoms with Crippen LogP contribution in [0.15, 0.2) is 42.6 Å². The molecular weight excluding hydrogens is 262 g/mol. The number of imidazole rings is 1. The van der Waals surface area contributed by atoms with E-state index in [9.17, 15) is 0 Å². The first-order valence-corrected chi connectivity index (χ1v) is 7.27. The van der Waals surface area contributed by atoms with E-state index in [1.807, 2.05) is 18.2 Å². The van der Waals surface area contributed by atoms with Gasteiger partial charge in [0.05, 0.1) is 11.0 Å². The number of aromatic nitrogens is 3. The Morgan fingerprint density at radius 3 is 2.76 bits per heavy atom. The van der Waals surface area contributed by atoms with Gasteiger partial charge in [-0.15, -0.1) is 0 Å². The van der Waals surface area contributed by atoms with E-state index in [0.29, 0.717) is 0 Å². The number of rotatable bonds is 2. The Hall–Kier alpha value is -2.40. The van der Waals surface area contributed by atoms with Crippen LogP contribution in [0.25, 0.3) is 22.6 Å². The SMILES string of the molecule is c1ccc(-c2nc3ccc(N4CCNCC4)cc3[nH]2)nc1. The number of nitrogens with zero attached hydrogens (tertiary/aromatic N) is 3. The predicted molar refractivity (Wildman–Crippen MR) is 84.4 cm³/mol. The maximum atomic E-state index is 4.62. The summed E-state index contributed by atoms with van der Waals surface area (Å²) in [5.41, 5.74) is 4.17. The summed E-state index contributed by atoms with van der Waals surface area (Å²) in [5.74, 6) is 0.822. The molecule has 5 nitrogen and oxygen atoms in total. The second-order valence-corrected chi connectivity index (χ2v) is 5.24. The summed E-state index contributed by atoms with van der Waals surface area (Å²) in [4.78, 5) is 14.7. The van der Waals surface area contributed by atoms with Crippen LogP contribution in [0, 0.1) is 0 Å². The molecule has 1 aromatic carbocycles. The number of nitrogens with one attached hydrogen (secondary N) is 2. The molecule has 1 aliphatic heterocycles. The lowest BCUT2D eigenvalue weighted by Crippen LogP contribution is -2.43. The van der Waals surface area contributed by atoms with E-state index in [0.717, 1.165) is 48.7 Å². The van der Waals surface area contributed by atoms with Crippen molar-refractivity contribution in [2.24, 2.45) is 0 Å². The third kappa shape index (κ3) is 2.36. The average Bonchev–Trinajstić information content (AvgIpc) is 2.99. The highest BCUT2D eigenvalue weighted by molar-refractivity contribution is 5.82. The van der Waals surface area contributed by atoms with Crippen LogP contribution in [0.5, 0.6) is 0 Å². The maximum Gasteiger partial charge on any atom is 0.157 e. The molecule has 1 aliphatic rings. The highest BCUT2D eigenvalue weighted by atomic mass is 15.2. The quantitative estimate of drug-likeness (QED) is 0.753. The molecular formula is C16H17N5. The Balaban J connectivity index is 1.71. The van der Waals surface area contributed by atoms with Crippen molar-refractivity contribution in [3.8, 4) is 11.5 Å². The normalized spacial score (nSPS) is 15.5. The minimum absolute atomic E-state index is 0.822. The van der Waals surface area contributed by atoms with Crippen LogP contribution in [0.2, 0.25) is 0 Å². The molecule has 0 saturated carbocycles. The molecule has 5 heteroatoms. The molecule has 2 aromatic heterocycles. The Bertz CT molecular complexity index is 744. The summed E-state index contributed by atoms with van der Waals surface area (Å²) < 4.78 is 0. The molecule has 0 unspecified atom stereocenters. The summed E-state index contributed by atoms with van der Waals surface area (Å²) in [6.45, 7) is 4.18. The molecule has 0 bridgehead atoms. The van der Waals surface area contributed by atoms with Crippen molar-refractivity contribution in [1.29, 1.82) is 0 Å². The zero-order valence-corrected chi connectivity index (χ0v) is 11.7. The summed E-state index contributed by atoms with van der Waals surface area (Å²) in [7, 11) is 0. The van der Waals surface area contributed by atoms with Crippen LogP contribution in [-0.4, -0.2) is 41.1 Å². The monoisotopic (exact) mass is 279 g/mol. The molecule has 2 N–H and O–H groups in total. The third-order valence-corrected chi connectivity index (χ3v) is 3.86. The van der Waals surface area contributed by atoms with Gasteiger partial charge in [0.15, 0.2) is 5.82 Å². The summed E-state index contributed by atoms with van der Waals surface area (Å²) in [6.07, 6.45) is 1.79.